The van der Waals surface area contributed by atoms with Crippen LogP contribution in [-0.4, -0.2) is 62.3 Å². The van der Waals surface area contributed by atoms with Crippen LogP contribution in [0.3, 0.4) is 0 Å². The lowest BCUT2D eigenvalue weighted by Crippen LogP contribution is -2.67. The first-order valence-electron chi connectivity index (χ1n) is 7.38. The number of amides is 2. The first-order chi connectivity index (χ1) is 9.76. The molecule has 1 fully saturated rings. The molecule has 0 spiro atoms. The van der Waals surface area contributed by atoms with E-state index in [0.29, 0.717) is 19.6 Å². The minimum absolute atomic E-state index is 0.0490. The average Bonchev–Trinajstić information content (AvgIpc) is 2.40. The number of rotatable bonds is 6. The molecular weight excluding hydrogens is 272 g/mol. The van der Waals surface area contributed by atoms with E-state index in [0.717, 1.165) is 0 Å². The van der Waals surface area contributed by atoms with Crippen molar-refractivity contribution in [1.29, 1.82) is 0 Å². The largest absolute Gasteiger partial charge is 0.382 e. The summed E-state index contributed by atoms with van der Waals surface area (Å²) in [6.45, 7) is 8.50. The van der Waals surface area contributed by atoms with Gasteiger partial charge in [-0.15, -0.1) is 0 Å². The summed E-state index contributed by atoms with van der Waals surface area (Å²) in [6.07, 6.45) is 0.345. The van der Waals surface area contributed by atoms with Crippen LogP contribution in [0.1, 0.15) is 34.1 Å². The third kappa shape index (κ3) is 4.17. The monoisotopic (exact) mass is 300 g/mol. The Labute approximate surface area is 127 Å². The van der Waals surface area contributed by atoms with E-state index in [4.69, 9.17) is 9.47 Å². The van der Waals surface area contributed by atoms with Crippen LogP contribution in [-0.2, 0) is 19.1 Å². The second-order valence-electron chi connectivity index (χ2n) is 6.54. The fraction of sp³-hybridized carbons (Fsp3) is 0.867. The molecular formula is C15H28N2O4. The molecule has 1 aliphatic rings. The minimum Gasteiger partial charge on any atom is -0.382 e. The lowest BCUT2D eigenvalue weighted by Gasteiger charge is -2.44. The van der Waals surface area contributed by atoms with E-state index in [1.165, 1.54) is 0 Å². The maximum Gasteiger partial charge on any atom is 0.246 e. The molecule has 1 N–H and O–H groups in total. The molecule has 0 aromatic rings. The van der Waals surface area contributed by atoms with Gasteiger partial charge in [0, 0.05) is 14.2 Å². The predicted octanol–water partition coefficient (Wildman–Crippen LogP) is 0.800. The van der Waals surface area contributed by atoms with Gasteiger partial charge in [-0.3, -0.25) is 9.59 Å². The zero-order valence-electron chi connectivity index (χ0n) is 13.9. The van der Waals surface area contributed by atoms with Crippen molar-refractivity contribution < 1.29 is 19.1 Å². The average molecular weight is 300 g/mol. The number of ether oxygens (including phenoxy) is 2. The van der Waals surface area contributed by atoms with Crippen LogP contribution in [0.5, 0.6) is 0 Å². The molecule has 6 nitrogen and oxygen atoms in total. The van der Waals surface area contributed by atoms with Crippen LogP contribution in [0.4, 0.5) is 0 Å². The standard InChI is InChI=1S/C15H28N2O4/c1-7-11-13(18)16-12(15(2,3)4)14(19)17(11)8-10(21-6)9-20-5/h10-12H,7-9H2,1-6H3,(H,16,18). The molecule has 0 aliphatic carbocycles. The Balaban J connectivity index is 2.98. The number of carbonyl (C=O) groups is 2. The number of hydrogen-bond donors (Lipinski definition) is 1. The number of piperazine rings is 1. The second-order valence-corrected chi connectivity index (χ2v) is 6.54. The van der Waals surface area contributed by atoms with Crippen LogP contribution in [0.25, 0.3) is 0 Å². The summed E-state index contributed by atoms with van der Waals surface area (Å²) in [4.78, 5) is 26.7. The predicted molar refractivity (Wildman–Crippen MR) is 79.9 cm³/mol. The number of methoxy groups -OCH3 is 2. The molecule has 3 atom stereocenters. The highest BCUT2D eigenvalue weighted by molar-refractivity contribution is 5.97. The SMILES string of the molecule is CCC1C(=O)NC(C(C)(C)C)C(=O)N1CC(COC)OC. The van der Waals surface area contributed by atoms with Crippen molar-refractivity contribution in [3.8, 4) is 0 Å². The molecule has 1 aliphatic heterocycles. The van der Waals surface area contributed by atoms with Gasteiger partial charge in [0.05, 0.1) is 19.3 Å². The van der Waals surface area contributed by atoms with Gasteiger partial charge in [0.1, 0.15) is 12.1 Å². The maximum atomic E-state index is 12.8. The van der Waals surface area contributed by atoms with E-state index < -0.39 is 12.1 Å². The Bertz CT molecular complexity index is 378. The summed E-state index contributed by atoms with van der Waals surface area (Å²) >= 11 is 0. The summed E-state index contributed by atoms with van der Waals surface area (Å²) in [5, 5.41) is 2.86. The van der Waals surface area contributed by atoms with Crippen LogP contribution in [0, 0.1) is 5.41 Å². The van der Waals surface area contributed by atoms with E-state index in [1.807, 2.05) is 27.7 Å². The first-order valence-corrected chi connectivity index (χ1v) is 7.38. The van der Waals surface area contributed by atoms with Gasteiger partial charge in [-0.05, 0) is 11.8 Å². The Kier molecular flexibility index (Phi) is 6.16. The quantitative estimate of drug-likeness (QED) is 0.788. The van der Waals surface area contributed by atoms with E-state index in [2.05, 4.69) is 5.32 Å². The summed E-state index contributed by atoms with van der Waals surface area (Å²) < 4.78 is 10.4. The number of nitrogens with one attached hydrogen (secondary N) is 1. The lowest BCUT2D eigenvalue weighted by atomic mass is 9.83. The van der Waals surface area contributed by atoms with Gasteiger partial charge in [-0.25, -0.2) is 0 Å². The van der Waals surface area contributed by atoms with E-state index in [1.54, 1.807) is 19.1 Å². The molecule has 0 bridgehead atoms. The molecule has 0 saturated carbocycles. The Morgan fingerprint density at radius 2 is 1.90 bits per heavy atom. The smallest absolute Gasteiger partial charge is 0.246 e. The zero-order valence-corrected chi connectivity index (χ0v) is 13.9. The Morgan fingerprint density at radius 1 is 1.29 bits per heavy atom. The van der Waals surface area contributed by atoms with Gasteiger partial charge in [-0.2, -0.15) is 0 Å². The molecule has 122 valence electrons. The summed E-state index contributed by atoms with van der Waals surface area (Å²) in [5.74, 6) is -0.142. The van der Waals surface area contributed by atoms with E-state index in [9.17, 15) is 9.59 Å². The molecule has 0 aromatic carbocycles. The van der Waals surface area contributed by atoms with Gasteiger partial charge in [0.2, 0.25) is 11.8 Å². The van der Waals surface area contributed by atoms with Crippen LogP contribution in [0.2, 0.25) is 0 Å². The third-order valence-electron chi connectivity index (χ3n) is 3.83. The molecule has 1 rings (SSSR count). The topological polar surface area (TPSA) is 67.9 Å². The zero-order chi connectivity index (χ0) is 16.2. The van der Waals surface area contributed by atoms with Crippen molar-refractivity contribution in [3.05, 3.63) is 0 Å². The first kappa shape index (κ1) is 17.9. The normalized spacial score (nSPS) is 25.0. The third-order valence-corrected chi connectivity index (χ3v) is 3.83. The van der Waals surface area contributed by atoms with Crippen LogP contribution >= 0.6 is 0 Å². The van der Waals surface area contributed by atoms with Crippen LogP contribution in [0.15, 0.2) is 0 Å². The Morgan fingerprint density at radius 3 is 2.33 bits per heavy atom. The number of carbonyl (C=O) groups excluding carboxylic acids is 2. The molecule has 3 unspecified atom stereocenters. The fourth-order valence-electron chi connectivity index (χ4n) is 2.57. The molecule has 0 radical (unpaired) electrons. The van der Waals surface area contributed by atoms with Crippen molar-refractivity contribution in [1.82, 2.24) is 10.2 Å². The van der Waals surface area contributed by atoms with Gasteiger partial charge in [-0.1, -0.05) is 27.7 Å². The molecule has 2 amide bonds. The highest BCUT2D eigenvalue weighted by Crippen LogP contribution is 2.26. The van der Waals surface area contributed by atoms with E-state index >= 15 is 0 Å². The van der Waals surface area contributed by atoms with Crippen molar-refractivity contribution in [2.24, 2.45) is 5.41 Å². The van der Waals surface area contributed by atoms with Crippen molar-refractivity contribution in [2.45, 2.75) is 52.3 Å². The molecule has 1 saturated heterocycles. The Hall–Kier alpha value is -1.14. The van der Waals surface area contributed by atoms with Crippen LogP contribution < -0.4 is 5.32 Å². The molecule has 6 heteroatoms. The van der Waals surface area contributed by atoms with Crippen molar-refractivity contribution >= 4 is 11.8 Å². The van der Waals surface area contributed by atoms with Crippen molar-refractivity contribution in [3.63, 3.8) is 0 Å². The lowest BCUT2D eigenvalue weighted by molar-refractivity contribution is -0.155. The molecule has 21 heavy (non-hydrogen) atoms. The minimum atomic E-state index is -0.507. The van der Waals surface area contributed by atoms with Gasteiger partial charge < -0.3 is 19.7 Å². The number of hydrogen-bond acceptors (Lipinski definition) is 4. The highest BCUT2D eigenvalue weighted by Gasteiger charge is 2.45. The van der Waals surface area contributed by atoms with Gasteiger partial charge >= 0.3 is 0 Å². The summed E-state index contributed by atoms with van der Waals surface area (Å²) in [6, 6.07) is -0.946. The summed E-state index contributed by atoms with van der Waals surface area (Å²) in [7, 11) is 3.17. The highest BCUT2D eigenvalue weighted by atomic mass is 16.5. The summed E-state index contributed by atoms with van der Waals surface area (Å²) in [5.41, 5.74) is -0.326. The fourth-order valence-corrected chi connectivity index (χ4v) is 2.57. The maximum absolute atomic E-state index is 12.8. The number of nitrogens with zero attached hydrogens (tertiary/aromatic N) is 1. The molecule has 0 aromatic heterocycles. The van der Waals surface area contributed by atoms with Gasteiger partial charge in [0.25, 0.3) is 0 Å². The second kappa shape index (κ2) is 7.22. The molecule has 1 heterocycles. The van der Waals surface area contributed by atoms with E-state index in [-0.39, 0.29) is 23.3 Å². The van der Waals surface area contributed by atoms with Gasteiger partial charge in [0.15, 0.2) is 0 Å². The van der Waals surface area contributed by atoms with Crippen molar-refractivity contribution in [2.75, 3.05) is 27.4 Å².